The van der Waals surface area contributed by atoms with Crippen molar-refractivity contribution in [2.75, 3.05) is 5.73 Å². The molecular formula is C9H14N6. The second-order valence-corrected chi connectivity index (χ2v) is 3.34. The van der Waals surface area contributed by atoms with Crippen LogP contribution < -0.4 is 5.73 Å². The van der Waals surface area contributed by atoms with E-state index in [1.54, 1.807) is 17.1 Å². The molecule has 2 N–H and O–H groups in total. The number of nitrogens with zero attached hydrogens (tertiary/aromatic N) is 5. The van der Waals surface area contributed by atoms with Gasteiger partial charge in [0.15, 0.2) is 0 Å². The van der Waals surface area contributed by atoms with Crippen molar-refractivity contribution in [2.45, 2.75) is 26.4 Å². The lowest BCUT2D eigenvalue weighted by molar-refractivity contribution is 0.540. The molecule has 0 amide bonds. The van der Waals surface area contributed by atoms with Crippen LogP contribution >= 0.6 is 0 Å². The van der Waals surface area contributed by atoms with Crippen LogP contribution in [0.1, 0.15) is 19.2 Å². The van der Waals surface area contributed by atoms with Gasteiger partial charge in [-0.2, -0.15) is 10.2 Å². The molecule has 0 saturated heterocycles. The lowest BCUT2D eigenvalue weighted by Crippen LogP contribution is -2.10. The summed E-state index contributed by atoms with van der Waals surface area (Å²) in [6, 6.07) is 1.76. The minimum atomic E-state index is 0.525. The van der Waals surface area contributed by atoms with Gasteiger partial charge >= 0.3 is 0 Å². The Morgan fingerprint density at radius 3 is 3.00 bits per heavy atom. The van der Waals surface area contributed by atoms with E-state index in [9.17, 15) is 0 Å². The average Bonchev–Trinajstić information content (AvgIpc) is 2.78. The zero-order valence-corrected chi connectivity index (χ0v) is 8.67. The van der Waals surface area contributed by atoms with Crippen molar-refractivity contribution in [2.24, 2.45) is 0 Å². The van der Waals surface area contributed by atoms with E-state index in [0.717, 1.165) is 18.8 Å². The van der Waals surface area contributed by atoms with Crippen molar-refractivity contribution in [1.29, 1.82) is 0 Å². The maximum absolute atomic E-state index is 5.53. The van der Waals surface area contributed by atoms with Crippen LogP contribution in [0.25, 0.3) is 0 Å². The second-order valence-electron chi connectivity index (χ2n) is 3.34. The summed E-state index contributed by atoms with van der Waals surface area (Å²) in [6.07, 6.45) is 4.44. The number of anilines is 1. The highest BCUT2D eigenvalue weighted by Gasteiger charge is 2.04. The van der Waals surface area contributed by atoms with Gasteiger partial charge in [0.25, 0.3) is 0 Å². The fourth-order valence-corrected chi connectivity index (χ4v) is 1.42. The summed E-state index contributed by atoms with van der Waals surface area (Å²) in [7, 11) is 0. The molecule has 0 spiro atoms. The van der Waals surface area contributed by atoms with E-state index in [0.29, 0.717) is 12.4 Å². The summed E-state index contributed by atoms with van der Waals surface area (Å²) in [5, 5.41) is 8.24. The number of rotatable bonds is 4. The van der Waals surface area contributed by atoms with Crippen LogP contribution in [-0.4, -0.2) is 24.5 Å². The maximum Gasteiger partial charge on any atom is 0.148 e. The van der Waals surface area contributed by atoms with Crippen LogP contribution in [0, 0.1) is 0 Å². The fourth-order valence-electron chi connectivity index (χ4n) is 1.42. The minimum Gasteiger partial charge on any atom is -0.382 e. The number of aromatic nitrogens is 5. The first-order valence-corrected chi connectivity index (χ1v) is 4.95. The highest BCUT2D eigenvalue weighted by molar-refractivity contribution is 5.23. The standard InChI is InChI=1S/C9H14N6/c1-2-4-15-9(11-7-12-15)6-14-5-3-8(10)13-14/h3,5,7H,2,4,6H2,1H3,(H2,10,13). The number of nitrogens with two attached hydrogens (primary N) is 1. The number of aryl methyl sites for hydroxylation is 1. The molecule has 0 aliphatic rings. The van der Waals surface area contributed by atoms with Gasteiger partial charge in [-0.15, -0.1) is 0 Å². The highest BCUT2D eigenvalue weighted by atomic mass is 15.4. The van der Waals surface area contributed by atoms with E-state index in [1.165, 1.54) is 0 Å². The third kappa shape index (κ3) is 2.15. The molecule has 6 heteroatoms. The van der Waals surface area contributed by atoms with Gasteiger partial charge in [0, 0.05) is 12.7 Å². The molecule has 0 unspecified atom stereocenters. The molecule has 0 saturated carbocycles. The summed E-state index contributed by atoms with van der Waals surface area (Å²) in [5.41, 5.74) is 5.53. The molecule has 15 heavy (non-hydrogen) atoms. The molecular weight excluding hydrogens is 192 g/mol. The van der Waals surface area contributed by atoms with Gasteiger partial charge in [-0.3, -0.25) is 4.68 Å². The molecule has 2 aromatic heterocycles. The molecule has 2 heterocycles. The molecule has 0 radical (unpaired) electrons. The fraction of sp³-hybridized carbons (Fsp3) is 0.444. The van der Waals surface area contributed by atoms with E-state index < -0.39 is 0 Å². The quantitative estimate of drug-likeness (QED) is 0.791. The third-order valence-corrected chi connectivity index (χ3v) is 2.10. The van der Waals surface area contributed by atoms with Gasteiger partial charge < -0.3 is 5.73 Å². The van der Waals surface area contributed by atoms with Crippen LogP contribution in [0.5, 0.6) is 0 Å². The van der Waals surface area contributed by atoms with Crippen LogP contribution in [-0.2, 0) is 13.1 Å². The van der Waals surface area contributed by atoms with E-state index in [4.69, 9.17) is 5.73 Å². The Morgan fingerprint density at radius 1 is 1.47 bits per heavy atom. The Labute approximate surface area is 87.7 Å². The van der Waals surface area contributed by atoms with Crippen LogP contribution in [0.2, 0.25) is 0 Å². The maximum atomic E-state index is 5.53. The van der Waals surface area contributed by atoms with Gasteiger partial charge in [0.05, 0.1) is 0 Å². The normalized spacial score (nSPS) is 10.7. The number of nitrogen functional groups attached to an aromatic ring is 1. The first kappa shape index (κ1) is 9.70. The zero-order valence-electron chi connectivity index (χ0n) is 8.67. The SMILES string of the molecule is CCCn1ncnc1Cn1ccc(N)n1. The van der Waals surface area contributed by atoms with Crippen molar-refractivity contribution in [1.82, 2.24) is 24.5 Å². The van der Waals surface area contributed by atoms with Crippen molar-refractivity contribution in [3.63, 3.8) is 0 Å². The van der Waals surface area contributed by atoms with E-state index in [-0.39, 0.29) is 0 Å². The van der Waals surface area contributed by atoms with Crippen molar-refractivity contribution in [3.8, 4) is 0 Å². The van der Waals surface area contributed by atoms with Crippen LogP contribution in [0.3, 0.4) is 0 Å². The topological polar surface area (TPSA) is 74.5 Å². The monoisotopic (exact) mass is 206 g/mol. The molecule has 0 aliphatic heterocycles. The van der Waals surface area contributed by atoms with E-state index >= 15 is 0 Å². The molecule has 2 rings (SSSR count). The van der Waals surface area contributed by atoms with Gasteiger partial charge in [-0.05, 0) is 12.5 Å². The largest absolute Gasteiger partial charge is 0.382 e. The molecule has 0 bridgehead atoms. The lowest BCUT2D eigenvalue weighted by Gasteiger charge is -2.03. The summed E-state index contributed by atoms with van der Waals surface area (Å²) in [6.45, 7) is 3.60. The molecule has 0 aromatic carbocycles. The zero-order chi connectivity index (χ0) is 10.7. The third-order valence-electron chi connectivity index (χ3n) is 2.10. The van der Waals surface area contributed by atoms with Gasteiger partial charge in [-0.25, -0.2) is 9.67 Å². The summed E-state index contributed by atoms with van der Waals surface area (Å²) in [4.78, 5) is 4.19. The first-order chi connectivity index (χ1) is 7.29. The second kappa shape index (κ2) is 4.12. The van der Waals surface area contributed by atoms with Crippen molar-refractivity contribution in [3.05, 3.63) is 24.4 Å². The van der Waals surface area contributed by atoms with Crippen molar-refractivity contribution < 1.29 is 0 Å². The van der Waals surface area contributed by atoms with Gasteiger partial charge in [0.2, 0.25) is 0 Å². The predicted molar refractivity (Wildman–Crippen MR) is 56.1 cm³/mol. The Morgan fingerprint density at radius 2 is 2.33 bits per heavy atom. The summed E-state index contributed by atoms with van der Waals surface area (Å²) in [5.74, 6) is 1.43. The molecule has 0 fully saturated rings. The molecule has 0 aliphatic carbocycles. The molecule has 2 aromatic rings. The first-order valence-electron chi connectivity index (χ1n) is 4.95. The predicted octanol–water partition coefficient (Wildman–Crippen LogP) is 0.515. The summed E-state index contributed by atoms with van der Waals surface area (Å²) >= 11 is 0. The Balaban J connectivity index is 2.13. The number of hydrogen-bond acceptors (Lipinski definition) is 4. The van der Waals surface area contributed by atoms with E-state index in [1.807, 2.05) is 10.9 Å². The van der Waals surface area contributed by atoms with Gasteiger partial charge in [-0.1, -0.05) is 6.92 Å². The van der Waals surface area contributed by atoms with E-state index in [2.05, 4.69) is 22.1 Å². The van der Waals surface area contributed by atoms with Crippen LogP contribution in [0.15, 0.2) is 18.6 Å². The Hall–Kier alpha value is -1.85. The van der Waals surface area contributed by atoms with Gasteiger partial charge in [0.1, 0.15) is 24.5 Å². The molecule has 0 atom stereocenters. The minimum absolute atomic E-state index is 0.525. The Bertz CT molecular complexity index is 429. The van der Waals surface area contributed by atoms with Crippen molar-refractivity contribution >= 4 is 5.82 Å². The lowest BCUT2D eigenvalue weighted by atomic mass is 10.5. The highest BCUT2D eigenvalue weighted by Crippen LogP contribution is 2.01. The number of hydrogen-bond donors (Lipinski definition) is 1. The Kier molecular flexibility index (Phi) is 2.66. The van der Waals surface area contributed by atoms with Crippen LogP contribution in [0.4, 0.5) is 5.82 Å². The summed E-state index contributed by atoms with van der Waals surface area (Å²) < 4.78 is 3.64. The smallest absolute Gasteiger partial charge is 0.148 e. The average molecular weight is 206 g/mol. The molecule has 80 valence electrons. The molecule has 6 nitrogen and oxygen atoms in total.